The summed E-state index contributed by atoms with van der Waals surface area (Å²) >= 11 is 0. The highest BCUT2D eigenvalue weighted by Crippen LogP contribution is 2.12. The van der Waals surface area contributed by atoms with E-state index in [2.05, 4.69) is 6.08 Å². The van der Waals surface area contributed by atoms with Crippen molar-refractivity contribution < 1.29 is 13.0 Å². The molecular formula is C7H6O3S. The van der Waals surface area contributed by atoms with E-state index in [-0.39, 0.29) is 4.91 Å². The van der Waals surface area contributed by atoms with Gasteiger partial charge in [0.1, 0.15) is 6.08 Å². The fraction of sp³-hybridized carbons (Fsp3) is 0.143. The van der Waals surface area contributed by atoms with Gasteiger partial charge in [-0.25, -0.2) is 8.42 Å². The normalized spacial score (nSPS) is 16.9. The Balaban J connectivity index is 3.08. The van der Waals surface area contributed by atoms with Crippen LogP contribution in [0.2, 0.25) is 0 Å². The molecule has 0 atom stereocenters. The molecule has 0 radical (unpaired) electrons. The quantitative estimate of drug-likeness (QED) is 0.430. The molecule has 0 heterocycles. The molecule has 0 amide bonds. The maximum absolute atomic E-state index is 10.4. The molecule has 1 rings (SSSR count). The van der Waals surface area contributed by atoms with Crippen molar-refractivity contribution >= 4 is 10.1 Å². The van der Waals surface area contributed by atoms with E-state index in [0.717, 1.165) is 5.57 Å². The number of hydrogen-bond donors (Lipinski definition) is 0. The van der Waals surface area contributed by atoms with E-state index in [4.69, 9.17) is 0 Å². The number of allylic oxidation sites excluding steroid dienone is 5. The predicted molar refractivity (Wildman–Crippen MR) is 39.4 cm³/mol. The Morgan fingerprint density at radius 3 is 2.45 bits per heavy atom. The molecular weight excluding hydrogens is 164 g/mol. The summed E-state index contributed by atoms with van der Waals surface area (Å²) in [6.45, 7) is 1.79. The largest absolute Gasteiger partial charge is 0.742 e. The highest BCUT2D eigenvalue weighted by Gasteiger charge is 2.12. The first kappa shape index (κ1) is 8.14. The molecule has 0 aliphatic heterocycles. The van der Waals surface area contributed by atoms with Gasteiger partial charge in [-0.15, -0.1) is 0 Å². The lowest BCUT2D eigenvalue weighted by Gasteiger charge is -2.01. The smallest absolute Gasteiger partial charge is 0.217 e. The van der Waals surface area contributed by atoms with Crippen molar-refractivity contribution in [3.8, 4) is 0 Å². The highest BCUT2D eigenvalue weighted by atomic mass is 32.2. The minimum absolute atomic E-state index is 0.303. The zero-order valence-electron chi connectivity index (χ0n) is 5.87. The zero-order valence-corrected chi connectivity index (χ0v) is 6.68. The van der Waals surface area contributed by atoms with Gasteiger partial charge in [0.25, 0.3) is 0 Å². The van der Waals surface area contributed by atoms with E-state index in [0.29, 0.717) is 0 Å². The van der Waals surface area contributed by atoms with Crippen LogP contribution in [0.3, 0.4) is 0 Å². The minimum atomic E-state index is -4.33. The molecule has 1 aliphatic rings. The average molecular weight is 170 g/mol. The van der Waals surface area contributed by atoms with Crippen LogP contribution in [-0.4, -0.2) is 13.0 Å². The first-order valence-corrected chi connectivity index (χ1v) is 4.35. The first-order valence-electron chi connectivity index (χ1n) is 2.94. The molecule has 0 fully saturated rings. The maximum atomic E-state index is 10.4. The Morgan fingerprint density at radius 1 is 1.45 bits per heavy atom. The highest BCUT2D eigenvalue weighted by molar-refractivity contribution is 7.89. The summed E-state index contributed by atoms with van der Waals surface area (Å²) in [5.41, 5.74) is 0.873. The summed E-state index contributed by atoms with van der Waals surface area (Å²) in [5, 5.41) is 0. The molecule has 1 aliphatic carbocycles. The summed E-state index contributed by atoms with van der Waals surface area (Å²) in [4.78, 5) is -0.303. The van der Waals surface area contributed by atoms with Crippen molar-refractivity contribution in [1.82, 2.24) is 0 Å². The lowest BCUT2D eigenvalue weighted by Crippen LogP contribution is -2.01. The van der Waals surface area contributed by atoms with Crippen molar-refractivity contribution in [2.24, 2.45) is 0 Å². The Morgan fingerprint density at radius 2 is 2.09 bits per heavy atom. The van der Waals surface area contributed by atoms with Gasteiger partial charge in [0.05, 0.1) is 23.8 Å². The zero-order chi connectivity index (χ0) is 8.48. The molecule has 0 spiro atoms. The molecule has 0 aromatic rings. The molecule has 4 heteroatoms. The molecule has 11 heavy (non-hydrogen) atoms. The van der Waals surface area contributed by atoms with Gasteiger partial charge in [-0.2, -0.15) is 0 Å². The average Bonchev–Trinajstić information content (AvgIpc) is 1.86. The standard InChI is InChI=1S/C7H6O3S/c1-6-2-4-7(5-3-6)11(8,9)10/h2-4H,1H3. The summed E-state index contributed by atoms with van der Waals surface area (Å²) < 4.78 is 31.1. The second kappa shape index (κ2) is 2.58. The number of rotatable bonds is 1. The Kier molecular flexibility index (Phi) is 1.91. The van der Waals surface area contributed by atoms with Crippen LogP contribution in [0.1, 0.15) is 6.92 Å². The lowest BCUT2D eigenvalue weighted by atomic mass is 10.2. The third kappa shape index (κ3) is 1.98. The van der Waals surface area contributed by atoms with Gasteiger partial charge in [-0.1, -0.05) is 0 Å². The third-order valence-corrected chi connectivity index (χ3v) is 2.00. The van der Waals surface area contributed by atoms with Gasteiger partial charge in [-0.3, -0.25) is 0 Å². The van der Waals surface area contributed by atoms with Crippen LogP contribution in [-0.2, 0) is 10.1 Å². The molecule has 0 N–H and O–H groups in total. The van der Waals surface area contributed by atoms with Gasteiger partial charge >= 0.3 is 0 Å². The summed E-state index contributed by atoms with van der Waals surface area (Å²) in [6, 6.07) is 0. The topological polar surface area (TPSA) is 57.2 Å². The van der Waals surface area contributed by atoms with Crippen LogP contribution in [0, 0.1) is 6.08 Å². The van der Waals surface area contributed by atoms with Gasteiger partial charge in [-0.05, 0) is 0 Å². The van der Waals surface area contributed by atoms with Crippen LogP contribution in [0.4, 0.5) is 0 Å². The SMILES string of the molecule is CC1=C[C+]=C(S(=O)(=O)[O-])C=C1. The monoisotopic (exact) mass is 170 g/mol. The second-order valence-electron chi connectivity index (χ2n) is 2.18. The van der Waals surface area contributed by atoms with Crippen molar-refractivity contribution in [3.63, 3.8) is 0 Å². The molecule has 3 nitrogen and oxygen atoms in total. The molecule has 58 valence electrons. The molecule has 0 saturated carbocycles. The fourth-order valence-electron chi connectivity index (χ4n) is 0.644. The van der Waals surface area contributed by atoms with Crippen molar-refractivity contribution in [1.29, 1.82) is 0 Å². The molecule has 0 bridgehead atoms. The third-order valence-electron chi connectivity index (χ3n) is 1.21. The van der Waals surface area contributed by atoms with Crippen LogP contribution in [0.15, 0.2) is 28.7 Å². The Labute approximate surface area is 65.5 Å². The Bertz CT molecular complexity index is 344. The van der Waals surface area contributed by atoms with Crippen molar-refractivity contribution in [2.45, 2.75) is 6.92 Å². The number of hydrogen-bond acceptors (Lipinski definition) is 3. The second-order valence-corrected chi connectivity index (χ2v) is 3.53. The van der Waals surface area contributed by atoms with E-state index in [1.54, 1.807) is 13.0 Å². The first-order chi connectivity index (χ1) is 5.00. The van der Waals surface area contributed by atoms with E-state index >= 15 is 0 Å². The molecule has 0 unspecified atom stereocenters. The summed E-state index contributed by atoms with van der Waals surface area (Å²) in [5.74, 6) is 0. The minimum Gasteiger partial charge on any atom is -0.742 e. The van der Waals surface area contributed by atoms with Crippen LogP contribution in [0.5, 0.6) is 0 Å². The van der Waals surface area contributed by atoms with Gasteiger partial charge in [0, 0.05) is 6.92 Å². The van der Waals surface area contributed by atoms with Crippen LogP contribution < -0.4 is 0 Å². The molecule has 0 aromatic heterocycles. The van der Waals surface area contributed by atoms with Crippen molar-refractivity contribution in [2.75, 3.05) is 0 Å². The van der Waals surface area contributed by atoms with Crippen molar-refractivity contribution in [3.05, 3.63) is 34.8 Å². The van der Waals surface area contributed by atoms with E-state index in [9.17, 15) is 13.0 Å². The van der Waals surface area contributed by atoms with Gasteiger partial charge in [0.15, 0.2) is 10.1 Å². The van der Waals surface area contributed by atoms with Crippen LogP contribution >= 0.6 is 0 Å². The lowest BCUT2D eigenvalue weighted by molar-refractivity contribution is 0.471. The summed E-state index contributed by atoms with van der Waals surface area (Å²) in [7, 11) is -4.33. The molecule has 0 saturated heterocycles. The van der Waals surface area contributed by atoms with Crippen LogP contribution in [0.25, 0.3) is 0 Å². The van der Waals surface area contributed by atoms with E-state index in [1.807, 2.05) is 0 Å². The van der Waals surface area contributed by atoms with E-state index < -0.39 is 10.1 Å². The maximum Gasteiger partial charge on any atom is 0.217 e. The van der Waals surface area contributed by atoms with Gasteiger partial charge < -0.3 is 4.55 Å². The predicted octanol–water partition coefficient (Wildman–Crippen LogP) is 0.735. The fourth-order valence-corrected chi connectivity index (χ4v) is 1.08. The Hall–Kier alpha value is -0.960. The van der Waals surface area contributed by atoms with Gasteiger partial charge in [0.2, 0.25) is 4.91 Å². The van der Waals surface area contributed by atoms with E-state index in [1.165, 1.54) is 12.2 Å². The summed E-state index contributed by atoms with van der Waals surface area (Å²) in [6.07, 6.45) is 6.64. The molecule has 0 aromatic carbocycles.